The molecule has 0 aliphatic heterocycles. The second-order valence-electron chi connectivity index (χ2n) is 7.86. The molecular formula is C18H30O3S. The lowest BCUT2D eigenvalue weighted by Gasteiger charge is -2.19. The Bertz CT molecular complexity index is 558. The summed E-state index contributed by atoms with van der Waals surface area (Å²) in [6.45, 7) is 11.8. The Hall–Kier alpha value is -0.870. The van der Waals surface area contributed by atoms with Gasteiger partial charge in [0.15, 0.2) is 0 Å². The van der Waals surface area contributed by atoms with Crippen molar-refractivity contribution in [1.82, 2.24) is 0 Å². The average Bonchev–Trinajstić information content (AvgIpc) is 2.31. The number of rotatable bonds is 6. The van der Waals surface area contributed by atoms with E-state index in [-0.39, 0.29) is 11.2 Å². The van der Waals surface area contributed by atoms with Crippen LogP contribution in [0.15, 0.2) is 24.3 Å². The molecule has 4 heteroatoms. The van der Waals surface area contributed by atoms with Crippen molar-refractivity contribution in [1.29, 1.82) is 0 Å². The van der Waals surface area contributed by atoms with Gasteiger partial charge in [-0.15, -0.1) is 0 Å². The van der Waals surface area contributed by atoms with Crippen LogP contribution in [0.4, 0.5) is 0 Å². The normalized spacial score (nSPS) is 13.4. The summed E-state index contributed by atoms with van der Waals surface area (Å²) < 4.78 is 28.7. The summed E-state index contributed by atoms with van der Waals surface area (Å²) in [7, 11) is -3.42. The van der Waals surface area contributed by atoms with Crippen LogP contribution in [0, 0.1) is 0 Å². The first-order chi connectivity index (χ1) is 9.89. The zero-order chi connectivity index (χ0) is 17.0. The summed E-state index contributed by atoms with van der Waals surface area (Å²) in [5.41, 5.74) is 2.08. The first-order valence-corrected chi connectivity index (χ1v) is 9.50. The van der Waals surface area contributed by atoms with Crippen LogP contribution in [0.2, 0.25) is 0 Å². The number of aryl methyl sites for hydroxylation is 1. The molecule has 0 radical (unpaired) electrons. The maximum absolute atomic E-state index is 11.8. The van der Waals surface area contributed by atoms with Gasteiger partial charge in [0, 0.05) is 0 Å². The van der Waals surface area contributed by atoms with Crippen LogP contribution in [0.25, 0.3) is 0 Å². The topological polar surface area (TPSA) is 43.4 Å². The largest absolute Gasteiger partial charge is 0.267 e. The predicted molar refractivity (Wildman–Crippen MR) is 92.7 cm³/mol. The minimum atomic E-state index is -3.42. The van der Waals surface area contributed by atoms with E-state index in [4.69, 9.17) is 4.18 Å². The Labute approximate surface area is 136 Å². The van der Waals surface area contributed by atoms with Crippen LogP contribution < -0.4 is 0 Å². The van der Waals surface area contributed by atoms with Crippen molar-refractivity contribution in [2.75, 3.05) is 5.75 Å². The first-order valence-electron chi connectivity index (χ1n) is 7.92. The van der Waals surface area contributed by atoms with Crippen LogP contribution in [0.3, 0.4) is 0 Å². The fraction of sp³-hybridized carbons (Fsp3) is 0.667. The minimum Gasteiger partial charge on any atom is -0.264 e. The molecular weight excluding hydrogens is 296 g/mol. The molecule has 0 atom stereocenters. The molecule has 0 spiro atoms. The third kappa shape index (κ3) is 7.41. The zero-order valence-electron chi connectivity index (χ0n) is 14.8. The van der Waals surface area contributed by atoms with Crippen LogP contribution in [0.5, 0.6) is 0 Å². The zero-order valence-corrected chi connectivity index (χ0v) is 15.6. The van der Waals surface area contributed by atoms with Crippen molar-refractivity contribution in [3.05, 3.63) is 35.4 Å². The number of benzene rings is 1. The maximum Gasteiger partial charge on any atom is 0.267 e. The highest BCUT2D eigenvalue weighted by Gasteiger charge is 2.21. The number of hydrogen-bond donors (Lipinski definition) is 0. The van der Waals surface area contributed by atoms with Gasteiger partial charge in [-0.3, -0.25) is 4.18 Å². The van der Waals surface area contributed by atoms with Crippen molar-refractivity contribution < 1.29 is 12.6 Å². The van der Waals surface area contributed by atoms with Crippen LogP contribution in [-0.2, 0) is 26.1 Å². The van der Waals surface area contributed by atoms with E-state index in [1.807, 2.05) is 0 Å². The molecule has 126 valence electrons. The third-order valence-corrected chi connectivity index (χ3v) is 4.85. The van der Waals surface area contributed by atoms with E-state index in [2.05, 4.69) is 45.0 Å². The van der Waals surface area contributed by atoms with Crippen molar-refractivity contribution in [2.45, 2.75) is 71.8 Å². The molecule has 3 nitrogen and oxygen atoms in total. The van der Waals surface area contributed by atoms with Gasteiger partial charge in [-0.2, -0.15) is 8.42 Å². The van der Waals surface area contributed by atoms with Crippen LogP contribution >= 0.6 is 0 Å². The van der Waals surface area contributed by atoms with Gasteiger partial charge < -0.3 is 0 Å². The Morgan fingerprint density at radius 2 is 1.45 bits per heavy atom. The van der Waals surface area contributed by atoms with Crippen molar-refractivity contribution in [3.8, 4) is 0 Å². The molecule has 0 saturated carbocycles. The summed E-state index contributed by atoms with van der Waals surface area (Å²) >= 11 is 0. The van der Waals surface area contributed by atoms with Crippen LogP contribution in [-0.4, -0.2) is 19.8 Å². The fourth-order valence-corrected chi connectivity index (χ4v) is 3.60. The molecule has 0 fully saturated rings. The van der Waals surface area contributed by atoms with Gasteiger partial charge in [-0.25, -0.2) is 0 Å². The van der Waals surface area contributed by atoms with E-state index in [0.717, 1.165) is 12.8 Å². The molecule has 1 aromatic rings. The van der Waals surface area contributed by atoms with Gasteiger partial charge in [0.25, 0.3) is 10.1 Å². The standard InChI is InChI=1S/C18H30O3S/c1-17(2,3)16-12-10-15(11-13-16)9-7-8-14-22(19,20)21-18(4,5)6/h10-13H,7-9,14H2,1-6H3. The van der Waals surface area contributed by atoms with E-state index < -0.39 is 15.7 Å². The quantitative estimate of drug-likeness (QED) is 0.573. The molecule has 0 bridgehead atoms. The Morgan fingerprint density at radius 1 is 0.909 bits per heavy atom. The molecule has 22 heavy (non-hydrogen) atoms. The van der Waals surface area contributed by atoms with E-state index in [9.17, 15) is 8.42 Å². The summed E-state index contributed by atoms with van der Waals surface area (Å²) in [5, 5.41) is 0. The molecule has 0 unspecified atom stereocenters. The highest BCUT2D eigenvalue weighted by Crippen LogP contribution is 2.22. The average molecular weight is 327 g/mol. The monoisotopic (exact) mass is 326 g/mol. The minimum absolute atomic E-state index is 0.0876. The molecule has 0 saturated heterocycles. The Morgan fingerprint density at radius 3 is 1.91 bits per heavy atom. The molecule has 0 amide bonds. The van der Waals surface area contributed by atoms with Gasteiger partial charge in [0.2, 0.25) is 0 Å². The Balaban J connectivity index is 2.42. The molecule has 0 heterocycles. The molecule has 1 aromatic carbocycles. The van der Waals surface area contributed by atoms with Gasteiger partial charge in [-0.05, 0) is 56.6 Å². The van der Waals surface area contributed by atoms with Crippen molar-refractivity contribution in [2.24, 2.45) is 0 Å². The van der Waals surface area contributed by atoms with Gasteiger partial charge in [-0.1, -0.05) is 45.0 Å². The van der Waals surface area contributed by atoms with Gasteiger partial charge in [0.1, 0.15) is 0 Å². The predicted octanol–water partition coefficient (Wildman–Crippen LogP) is 4.45. The lowest BCUT2D eigenvalue weighted by Crippen LogP contribution is -2.25. The summed E-state index contributed by atoms with van der Waals surface area (Å²) in [5.74, 6) is 0.0876. The fourth-order valence-electron chi connectivity index (χ4n) is 2.20. The summed E-state index contributed by atoms with van der Waals surface area (Å²) in [6, 6.07) is 8.60. The van der Waals surface area contributed by atoms with Gasteiger partial charge >= 0.3 is 0 Å². The highest BCUT2D eigenvalue weighted by atomic mass is 32.2. The summed E-state index contributed by atoms with van der Waals surface area (Å²) in [4.78, 5) is 0. The third-order valence-electron chi connectivity index (χ3n) is 3.31. The lowest BCUT2D eigenvalue weighted by atomic mass is 9.86. The van der Waals surface area contributed by atoms with E-state index >= 15 is 0 Å². The number of hydrogen-bond acceptors (Lipinski definition) is 3. The lowest BCUT2D eigenvalue weighted by molar-refractivity contribution is 0.139. The second kappa shape index (κ2) is 7.14. The molecule has 0 aliphatic rings. The molecule has 0 aromatic heterocycles. The molecule has 0 N–H and O–H groups in total. The van der Waals surface area contributed by atoms with Gasteiger partial charge in [0.05, 0.1) is 11.4 Å². The highest BCUT2D eigenvalue weighted by molar-refractivity contribution is 7.86. The van der Waals surface area contributed by atoms with Crippen molar-refractivity contribution in [3.63, 3.8) is 0 Å². The SMILES string of the molecule is CC(C)(C)OS(=O)(=O)CCCCc1ccc(C(C)(C)C)cc1. The first kappa shape index (κ1) is 19.2. The van der Waals surface area contributed by atoms with E-state index in [1.165, 1.54) is 11.1 Å². The number of unbranched alkanes of at least 4 members (excludes halogenated alkanes) is 1. The van der Waals surface area contributed by atoms with E-state index in [1.54, 1.807) is 20.8 Å². The smallest absolute Gasteiger partial charge is 0.264 e. The molecule has 1 rings (SSSR count). The summed E-state index contributed by atoms with van der Waals surface area (Å²) in [6.07, 6.45) is 2.37. The van der Waals surface area contributed by atoms with Crippen LogP contribution in [0.1, 0.15) is 65.5 Å². The molecule has 0 aliphatic carbocycles. The Kier molecular flexibility index (Phi) is 6.22. The van der Waals surface area contributed by atoms with E-state index in [0.29, 0.717) is 6.42 Å². The second-order valence-corrected chi connectivity index (χ2v) is 9.55. The maximum atomic E-state index is 11.8. The van der Waals surface area contributed by atoms with Crippen molar-refractivity contribution >= 4 is 10.1 Å².